The van der Waals surface area contributed by atoms with Gasteiger partial charge < -0.3 is 19.0 Å². The van der Waals surface area contributed by atoms with E-state index in [1.807, 2.05) is 24.3 Å². The molecule has 0 N–H and O–H groups in total. The zero-order valence-electron chi connectivity index (χ0n) is 12.0. The molecule has 0 bridgehead atoms. The Morgan fingerprint density at radius 1 is 1.05 bits per heavy atom. The van der Waals surface area contributed by atoms with Gasteiger partial charge in [-0.05, 0) is 23.8 Å². The number of carbonyl (C=O) groups is 1. The van der Waals surface area contributed by atoms with Crippen molar-refractivity contribution in [1.29, 1.82) is 0 Å². The topological polar surface area (TPSA) is 57.6 Å². The Balaban J connectivity index is 2.11. The first-order valence-corrected chi connectivity index (χ1v) is 6.50. The number of benzene rings is 1. The molecule has 0 unspecified atom stereocenters. The van der Waals surface area contributed by atoms with Gasteiger partial charge in [-0.3, -0.25) is 0 Å². The van der Waals surface area contributed by atoms with Crippen LogP contribution in [-0.2, 0) is 17.8 Å². The van der Waals surface area contributed by atoms with E-state index in [4.69, 9.17) is 14.2 Å². The van der Waals surface area contributed by atoms with Crippen molar-refractivity contribution in [2.24, 2.45) is 0 Å². The highest BCUT2D eigenvalue weighted by Gasteiger charge is 2.08. The predicted octanol–water partition coefficient (Wildman–Crippen LogP) is 2.42. The van der Waals surface area contributed by atoms with Crippen molar-refractivity contribution in [3.8, 4) is 17.5 Å². The van der Waals surface area contributed by atoms with E-state index in [-0.39, 0.29) is 6.42 Å². The van der Waals surface area contributed by atoms with Crippen LogP contribution in [0.25, 0.3) is 0 Å². The highest BCUT2D eigenvalue weighted by atomic mass is 16.5. The summed E-state index contributed by atoms with van der Waals surface area (Å²) >= 11 is 0. The molecule has 21 heavy (non-hydrogen) atoms. The molecule has 110 valence electrons. The second-order valence-corrected chi connectivity index (χ2v) is 4.33. The summed E-state index contributed by atoms with van der Waals surface area (Å²) in [5, 5.41) is 0. The first-order valence-electron chi connectivity index (χ1n) is 6.50. The number of pyridine rings is 1. The molecule has 1 aromatic heterocycles. The van der Waals surface area contributed by atoms with E-state index in [1.165, 1.54) is 7.11 Å². The molecule has 1 aromatic carbocycles. The van der Waals surface area contributed by atoms with Gasteiger partial charge in [-0.1, -0.05) is 12.1 Å². The zero-order valence-corrected chi connectivity index (χ0v) is 12.0. The van der Waals surface area contributed by atoms with Crippen molar-refractivity contribution < 1.29 is 19.0 Å². The average molecular weight is 287 g/mol. The van der Waals surface area contributed by atoms with Crippen molar-refractivity contribution in [2.45, 2.75) is 13.0 Å². The predicted molar refractivity (Wildman–Crippen MR) is 77.9 cm³/mol. The number of hydrogen-bond donors (Lipinski definition) is 0. The summed E-state index contributed by atoms with van der Waals surface area (Å²) in [5.74, 6) is 1.66. The number of ether oxygens (including phenoxy) is 3. The van der Waals surface area contributed by atoms with Crippen LogP contribution in [0, 0.1) is 0 Å². The summed E-state index contributed by atoms with van der Waals surface area (Å²) < 4.78 is 15.9. The molecule has 0 atom stereocenters. The lowest BCUT2D eigenvalue weighted by Gasteiger charge is -2.10. The lowest BCUT2D eigenvalue weighted by atomic mass is 10.2. The van der Waals surface area contributed by atoms with Gasteiger partial charge in [0.1, 0.15) is 18.6 Å². The number of rotatable bonds is 7. The summed E-state index contributed by atoms with van der Waals surface area (Å²) in [6, 6.07) is 11.0. The summed E-state index contributed by atoms with van der Waals surface area (Å²) in [6.07, 6.45) is 1.08. The smallest absolute Gasteiger partial charge is 0.220 e. The van der Waals surface area contributed by atoms with E-state index in [9.17, 15) is 4.79 Å². The Bertz CT molecular complexity index is 596. The molecule has 0 spiro atoms. The minimum atomic E-state index is 0.259. The van der Waals surface area contributed by atoms with Crippen LogP contribution in [-0.4, -0.2) is 25.5 Å². The highest BCUT2D eigenvalue weighted by molar-refractivity contribution is 5.56. The van der Waals surface area contributed by atoms with E-state index in [2.05, 4.69) is 4.98 Å². The lowest BCUT2D eigenvalue weighted by Crippen LogP contribution is -2.02. The van der Waals surface area contributed by atoms with E-state index >= 15 is 0 Å². The van der Waals surface area contributed by atoms with Gasteiger partial charge in [-0.2, -0.15) is 4.98 Å². The van der Waals surface area contributed by atoms with Gasteiger partial charge in [-0.15, -0.1) is 0 Å². The van der Waals surface area contributed by atoms with Crippen molar-refractivity contribution in [3.05, 3.63) is 47.5 Å². The van der Waals surface area contributed by atoms with Gasteiger partial charge in [-0.25, -0.2) is 0 Å². The van der Waals surface area contributed by atoms with E-state index in [1.54, 1.807) is 19.2 Å². The SMILES string of the molecule is COc1ccc(COc2nc(OC)ccc2CC=O)cc1. The van der Waals surface area contributed by atoms with Gasteiger partial charge in [0, 0.05) is 18.1 Å². The van der Waals surface area contributed by atoms with Gasteiger partial charge in [0.15, 0.2) is 0 Å². The molecule has 0 aliphatic rings. The Kier molecular flexibility index (Phi) is 5.15. The van der Waals surface area contributed by atoms with E-state index in [0.29, 0.717) is 18.4 Å². The largest absolute Gasteiger partial charge is 0.497 e. The monoisotopic (exact) mass is 287 g/mol. The number of hydrogen-bond acceptors (Lipinski definition) is 5. The molecule has 0 fully saturated rings. The molecule has 0 radical (unpaired) electrons. The zero-order chi connectivity index (χ0) is 15.1. The fourth-order valence-corrected chi connectivity index (χ4v) is 1.81. The van der Waals surface area contributed by atoms with Crippen LogP contribution in [0.3, 0.4) is 0 Å². The molecule has 0 saturated carbocycles. The van der Waals surface area contributed by atoms with Crippen LogP contribution in [0.4, 0.5) is 0 Å². The standard InChI is InChI=1S/C16H17NO4/c1-19-14-6-3-12(4-7-14)11-21-16-13(9-10-18)5-8-15(17-16)20-2/h3-8,10H,9,11H2,1-2H3. The Morgan fingerprint density at radius 2 is 1.81 bits per heavy atom. The summed E-state index contributed by atoms with van der Waals surface area (Å²) in [4.78, 5) is 14.9. The van der Waals surface area contributed by atoms with Gasteiger partial charge in [0.25, 0.3) is 0 Å². The maximum atomic E-state index is 10.7. The number of carbonyl (C=O) groups excluding carboxylic acids is 1. The number of nitrogens with zero attached hydrogens (tertiary/aromatic N) is 1. The molecular formula is C16H17NO4. The van der Waals surface area contributed by atoms with Crippen LogP contribution in [0.2, 0.25) is 0 Å². The number of aromatic nitrogens is 1. The molecule has 2 rings (SSSR count). The second-order valence-electron chi connectivity index (χ2n) is 4.33. The van der Waals surface area contributed by atoms with Gasteiger partial charge in [0.05, 0.1) is 14.2 Å². The van der Waals surface area contributed by atoms with Crippen LogP contribution < -0.4 is 14.2 Å². The highest BCUT2D eigenvalue weighted by Crippen LogP contribution is 2.21. The van der Waals surface area contributed by atoms with Crippen LogP contribution in [0.5, 0.6) is 17.5 Å². The van der Waals surface area contributed by atoms with E-state index in [0.717, 1.165) is 23.2 Å². The second kappa shape index (κ2) is 7.28. The normalized spacial score (nSPS) is 10.0. The molecule has 2 aromatic rings. The maximum Gasteiger partial charge on any atom is 0.220 e. The number of aldehydes is 1. The maximum absolute atomic E-state index is 10.7. The summed E-state index contributed by atoms with van der Waals surface area (Å²) in [5.41, 5.74) is 1.72. The van der Waals surface area contributed by atoms with Gasteiger partial charge in [0.2, 0.25) is 11.8 Å². The van der Waals surface area contributed by atoms with Crippen molar-refractivity contribution in [3.63, 3.8) is 0 Å². The average Bonchev–Trinajstić information content (AvgIpc) is 2.54. The molecule has 5 nitrogen and oxygen atoms in total. The minimum Gasteiger partial charge on any atom is -0.497 e. The summed E-state index contributed by atoms with van der Waals surface area (Å²) in [6.45, 7) is 0.357. The third kappa shape index (κ3) is 3.95. The molecule has 1 heterocycles. The van der Waals surface area contributed by atoms with E-state index < -0.39 is 0 Å². The lowest BCUT2D eigenvalue weighted by molar-refractivity contribution is -0.107. The van der Waals surface area contributed by atoms with Crippen LogP contribution in [0.15, 0.2) is 36.4 Å². The van der Waals surface area contributed by atoms with Gasteiger partial charge >= 0.3 is 0 Å². The fourth-order valence-electron chi connectivity index (χ4n) is 1.81. The molecule has 0 aliphatic heterocycles. The van der Waals surface area contributed by atoms with Crippen molar-refractivity contribution >= 4 is 6.29 Å². The number of methoxy groups -OCH3 is 2. The Morgan fingerprint density at radius 3 is 2.43 bits per heavy atom. The Labute approximate surface area is 123 Å². The minimum absolute atomic E-state index is 0.259. The van der Waals surface area contributed by atoms with Crippen molar-refractivity contribution in [1.82, 2.24) is 4.98 Å². The molecular weight excluding hydrogens is 270 g/mol. The third-order valence-electron chi connectivity index (χ3n) is 2.96. The third-order valence-corrected chi connectivity index (χ3v) is 2.96. The fraction of sp³-hybridized carbons (Fsp3) is 0.250. The summed E-state index contributed by atoms with van der Waals surface area (Å²) in [7, 11) is 3.16. The first-order chi connectivity index (χ1) is 10.3. The molecule has 0 aliphatic carbocycles. The molecule has 5 heteroatoms. The Hall–Kier alpha value is -2.56. The molecule has 0 saturated heterocycles. The quantitative estimate of drug-likeness (QED) is 0.732. The van der Waals surface area contributed by atoms with Crippen LogP contribution in [0.1, 0.15) is 11.1 Å². The van der Waals surface area contributed by atoms with Crippen molar-refractivity contribution in [2.75, 3.05) is 14.2 Å². The first kappa shape index (κ1) is 14.8. The van der Waals surface area contributed by atoms with Crippen LogP contribution >= 0.6 is 0 Å². The molecule has 0 amide bonds.